The zero-order valence-corrected chi connectivity index (χ0v) is 16.4. The first-order valence-electron chi connectivity index (χ1n) is 8.62. The maximum Gasteiger partial charge on any atom is 0.267 e. The molecule has 4 N–H and O–H groups in total. The summed E-state index contributed by atoms with van der Waals surface area (Å²) in [5.41, 5.74) is 4.88. The van der Waals surface area contributed by atoms with E-state index in [1.807, 2.05) is 24.3 Å². The minimum atomic E-state index is -3.57. The molecular formula is C19H23N3O5S. The Morgan fingerprint density at radius 1 is 1.00 bits per heavy atom. The Morgan fingerprint density at radius 2 is 1.54 bits per heavy atom. The van der Waals surface area contributed by atoms with Gasteiger partial charge in [-0.25, -0.2) is 18.6 Å². The van der Waals surface area contributed by atoms with Crippen LogP contribution in [0, 0.1) is 0 Å². The zero-order valence-electron chi connectivity index (χ0n) is 15.6. The van der Waals surface area contributed by atoms with E-state index in [0.717, 1.165) is 23.8 Å². The summed E-state index contributed by atoms with van der Waals surface area (Å²) < 4.78 is 24.5. The van der Waals surface area contributed by atoms with Crippen molar-refractivity contribution in [2.75, 3.05) is 12.8 Å². The molecule has 2 amide bonds. The Morgan fingerprint density at radius 3 is 2.00 bits per heavy atom. The van der Waals surface area contributed by atoms with Crippen LogP contribution in [0.4, 0.5) is 0 Å². The lowest BCUT2D eigenvalue weighted by atomic mass is 10.0. The van der Waals surface area contributed by atoms with Crippen molar-refractivity contribution in [2.24, 2.45) is 0 Å². The number of benzene rings is 2. The molecule has 2 rings (SSSR count). The van der Waals surface area contributed by atoms with Crippen LogP contribution in [0.5, 0.6) is 0 Å². The number of sulfonamides is 1. The predicted octanol–water partition coefficient (Wildman–Crippen LogP) is 1.07. The third kappa shape index (κ3) is 6.15. The van der Waals surface area contributed by atoms with Crippen molar-refractivity contribution in [2.45, 2.75) is 19.4 Å². The molecule has 0 radical (unpaired) electrons. The zero-order chi connectivity index (χ0) is 20.7. The SMILES string of the molecule is CCc1ccc(-c2ccc(C(=O)N[C@@H](CNS(C)(=O)=O)C(=O)NO)cc2)cc1. The largest absolute Gasteiger partial charge is 0.339 e. The summed E-state index contributed by atoms with van der Waals surface area (Å²) in [6.07, 6.45) is 1.88. The van der Waals surface area contributed by atoms with Crippen molar-refractivity contribution in [1.29, 1.82) is 0 Å². The highest BCUT2D eigenvalue weighted by atomic mass is 32.2. The number of rotatable bonds is 8. The van der Waals surface area contributed by atoms with Crippen LogP contribution in [0.3, 0.4) is 0 Å². The van der Waals surface area contributed by atoms with E-state index in [0.29, 0.717) is 5.56 Å². The molecule has 0 spiro atoms. The number of amides is 2. The molecule has 2 aromatic carbocycles. The first kappa shape index (κ1) is 21.5. The van der Waals surface area contributed by atoms with Gasteiger partial charge >= 0.3 is 0 Å². The number of aryl methyl sites for hydroxylation is 1. The molecule has 0 bridgehead atoms. The van der Waals surface area contributed by atoms with E-state index in [4.69, 9.17) is 5.21 Å². The number of carbonyl (C=O) groups excluding carboxylic acids is 2. The molecule has 0 saturated heterocycles. The van der Waals surface area contributed by atoms with E-state index in [1.54, 1.807) is 24.3 Å². The molecule has 0 aromatic heterocycles. The fourth-order valence-corrected chi connectivity index (χ4v) is 2.98. The van der Waals surface area contributed by atoms with Gasteiger partial charge in [-0.1, -0.05) is 43.3 Å². The van der Waals surface area contributed by atoms with E-state index >= 15 is 0 Å². The monoisotopic (exact) mass is 405 g/mol. The maximum atomic E-state index is 12.4. The smallest absolute Gasteiger partial charge is 0.267 e. The second-order valence-corrected chi connectivity index (χ2v) is 8.08. The van der Waals surface area contributed by atoms with Gasteiger partial charge in [-0.3, -0.25) is 14.8 Å². The lowest BCUT2D eigenvalue weighted by molar-refractivity contribution is -0.131. The highest BCUT2D eigenvalue weighted by Gasteiger charge is 2.22. The molecule has 8 nitrogen and oxygen atoms in total. The number of hydroxylamine groups is 1. The first-order valence-corrected chi connectivity index (χ1v) is 10.5. The van der Waals surface area contributed by atoms with Crippen molar-refractivity contribution in [3.63, 3.8) is 0 Å². The molecule has 0 aliphatic rings. The van der Waals surface area contributed by atoms with Crippen LogP contribution in [-0.4, -0.2) is 44.3 Å². The third-order valence-corrected chi connectivity index (χ3v) is 4.82. The fraction of sp³-hybridized carbons (Fsp3) is 0.263. The van der Waals surface area contributed by atoms with E-state index in [1.165, 1.54) is 11.0 Å². The lowest BCUT2D eigenvalue weighted by Crippen LogP contribution is -2.51. The number of carbonyl (C=O) groups is 2. The number of hydrogen-bond donors (Lipinski definition) is 4. The summed E-state index contributed by atoms with van der Waals surface area (Å²) in [6.45, 7) is 1.69. The molecule has 0 saturated carbocycles. The van der Waals surface area contributed by atoms with E-state index < -0.39 is 34.4 Å². The summed E-state index contributed by atoms with van der Waals surface area (Å²) in [6, 6.07) is 13.6. The minimum Gasteiger partial charge on any atom is -0.339 e. The normalized spacial score (nSPS) is 12.2. The molecular weight excluding hydrogens is 382 g/mol. The van der Waals surface area contributed by atoms with Crippen LogP contribution in [0.25, 0.3) is 11.1 Å². The van der Waals surface area contributed by atoms with Crippen molar-refractivity contribution in [3.8, 4) is 11.1 Å². The van der Waals surface area contributed by atoms with Gasteiger partial charge in [0.2, 0.25) is 10.0 Å². The third-order valence-electron chi connectivity index (χ3n) is 4.12. The summed E-state index contributed by atoms with van der Waals surface area (Å²) in [7, 11) is -3.57. The van der Waals surface area contributed by atoms with Crippen molar-refractivity contribution < 1.29 is 23.2 Å². The van der Waals surface area contributed by atoms with Crippen LogP contribution in [-0.2, 0) is 21.2 Å². The van der Waals surface area contributed by atoms with E-state index in [2.05, 4.69) is 17.0 Å². The van der Waals surface area contributed by atoms with E-state index in [9.17, 15) is 18.0 Å². The lowest BCUT2D eigenvalue weighted by Gasteiger charge is -2.17. The van der Waals surface area contributed by atoms with Crippen LogP contribution in [0.1, 0.15) is 22.8 Å². The summed E-state index contributed by atoms with van der Waals surface area (Å²) >= 11 is 0. The second kappa shape index (κ2) is 9.45. The molecule has 0 aliphatic heterocycles. The van der Waals surface area contributed by atoms with Crippen LogP contribution < -0.4 is 15.5 Å². The number of hydrogen-bond acceptors (Lipinski definition) is 5. The Hall–Kier alpha value is -2.75. The van der Waals surface area contributed by atoms with Crippen LogP contribution in [0.2, 0.25) is 0 Å². The molecule has 9 heteroatoms. The van der Waals surface area contributed by atoms with Crippen molar-refractivity contribution >= 4 is 21.8 Å². The quantitative estimate of drug-likeness (QED) is 0.386. The summed E-state index contributed by atoms with van der Waals surface area (Å²) in [4.78, 5) is 24.1. The molecule has 0 aliphatic carbocycles. The molecule has 0 fully saturated rings. The van der Waals surface area contributed by atoms with Crippen LogP contribution in [0.15, 0.2) is 48.5 Å². The summed E-state index contributed by atoms with van der Waals surface area (Å²) in [5.74, 6) is -1.51. The highest BCUT2D eigenvalue weighted by molar-refractivity contribution is 7.88. The van der Waals surface area contributed by atoms with Gasteiger partial charge in [0.05, 0.1) is 6.26 Å². The van der Waals surface area contributed by atoms with Gasteiger partial charge in [0.1, 0.15) is 6.04 Å². The van der Waals surface area contributed by atoms with Gasteiger partial charge < -0.3 is 5.32 Å². The Bertz CT molecular complexity index is 925. The minimum absolute atomic E-state index is 0.295. The van der Waals surface area contributed by atoms with Gasteiger partial charge in [0, 0.05) is 12.1 Å². The Kier molecular flexibility index (Phi) is 7.27. The molecule has 2 aromatic rings. The number of nitrogens with one attached hydrogen (secondary N) is 3. The first-order chi connectivity index (χ1) is 13.2. The van der Waals surface area contributed by atoms with Crippen molar-refractivity contribution in [3.05, 3.63) is 59.7 Å². The average Bonchev–Trinajstić information content (AvgIpc) is 2.69. The van der Waals surface area contributed by atoms with Gasteiger partial charge in [0.25, 0.3) is 11.8 Å². The molecule has 1 atom stereocenters. The van der Waals surface area contributed by atoms with Crippen LogP contribution >= 0.6 is 0 Å². The van der Waals surface area contributed by atoms with Crippen molar-refractivity contribution in [1.82, 2.24) is 15.5 Å². The average molecular weight is 405 g/mol. The molecule has 0 heterocycles. The fourth-order valence-electron chi connectivity index (χ4n) is 2.51. The second-order valence-electron chi connectivity index (χ2n) is 6.25. The van der Waals surface area contributed by atoms with Gasteiger partial charge in [0.15, 0.2) is 0 Å². The predicted molar refractivity (Wildman–Crippen MR) is 105 cm³/mol. The van der Waals surface area contributed by atoms with Gasteiger partial charge in [-0.15, -0.1) is 0 Å². The van der Waals surface area contributed by atoms with Gasteiger partial charge in [-0.2, -0.15) is 0 Å². The molecule has 28 heavy (non-hydrogen) atoms. The highest BCUT2D eigenvalue weighted by Crippen LogP contribution is 2.20. The maximum absolute atomic E-state index is 12.4. The molecule has 0 unspecified atom stereocenters. The van der Waals surface area contributed by atoms with E-state index in [-0.39, 0.29) is 0 Å². The Labute approximate surface area is 164 Å². The summed E-state index contributed by atoms with van der Waals surface area (Å²) in [5, 5.41) is 11.2. The standard InChI is InChI=1S/C19H23N3O5S/c1-3-13-4-6-14(7-5-13)15-8-10-16(11-9-15)18(23)21-17(19(24)22-25)12-20-28(2,26)27/h4-11,17,20,25H,3,12H2,1-2H3,(H,21,23)(H,22,24)/t17-/m0/s1. The topological polar surface area (TPSA) is 125 Å². The molecule has 150 valence electrons. The Balaban J connectivity index is 2.10. The van der Waals surface area contributed by atoms with Gasteiger partial charge in [-0.05, 0) is 35.2 Å².